The van der Waals surface area contributed by atoms with Crippen molar-refractivity contribution in [2.24, 2.45) is 7.05 Å². The number of benzene rings is 1. The minimum absolute atomic E-state index is 0.0305. The van der Waals surface area contributed by atoms with Gasteiger partial charge in [-0.05, 0) is 38.0 Å². The molecule has 1 saturated heterocycles. The van der Waals surface area contributed by atoms with Crippen LogP contribution < -0.4 is 4.90 Å². The molecule has 3 aromatic rings. The number of carbonyl (C=O) groups is 1. The molecule has 4 rings (SSSR count). The van der Waals surface area contributed by atoms with Gasteiger partial charge in [0.05, 0.1) is 11.0 Å². The normalized spacial score (nSPS) is 17.1. The van der Waals surface area contributed by atoms with Crippen LogP contribution in [0.5, 0.6) is 0 Å². The van der Waals surface area contributed by atoms with E-state index in [1.54, 1.807) is 6.07 Å². The lowest BCUT2D eigenvalue weighted by atomic mass is 9.97. The first-order valence-electron chi connectivity index (χ1n) is 9.67. The third kappa shape index (κ3) is 3.32. The average Bonchev–Trinajstić information content (AvgIpc) is 3.04. The topological polar surface area (TPSA) is 67.2 Å². The number of aromatic nitrogens is 4. The van der Waals surface area contributed by atoms with E-state index < -0.39 is 0 Å². The molecule has 146 valence electrons. The Balaban J connectivity index is 1.60. The number of aryl methyl sites for hydroxylation is 2. The maximum Gasteiger partial charge on any atom is 0.272 e. The summed E-state index contributed by atoms with van der Waals surface area (Å²) in [7, 11) is 5.82. The van der Waals surface area contributed by atoms with Gasteiger partial charge in [-0.3, -0.25) is 4.79 Å². The fourth-order valence-corrected chi connectivity index (χ4v) is 3.93. The predicted octanol–water partition coefficient (Wildman–Crippen LogP) is 2.76. The van der Waals surface area contributed by atoms with Gasteiger partial charge in [0.2, 0.25) is 5.95 Å². The molecule has 0 aliphatic carbocycles. The Morgan fingerprint density at radius 1 is 1.18 bits per heavy atom. The van der Waals surface area contributed by atoms with Crippen LogP contribution in [0.15, 0.2) is 30.3 Å². The minimum Gasteiger partial charge on any atom is -0.347 e. The third-order valence-electron chi connectivity index (χ3n) is 5.36. The summed E-state index contributed by atoms with van der Waals surface area (Å²) in [5.74, 6) is 1.81. The highest BCUT2D eigenvalue weighted by molar-refractivity contribution is 5.92. The third-order valence-corrected chi connectivity index (χ3v) is 5.36. The number of amides is 1. The van der Waals surface area contributed by atoms with E-state index in [0.29, 0.717) is 18.2 Å². The van der Waals surface area contributed by atoms with Crippen molar-refractivity contribution in [1.82, 2.24) is 24.4 Å². The molecule has 0 N–H and O–H groups in total. The summed E-state index contributed by atoms with van der Waals surface area (Å²) < 4.78 is 2.16. The molecule has 3 heterocycles. The van der Waals surface area contributed by atoms with Gasteiger partial charge in [0.15, 0.2) is 0 Å². The summed E-state index contributed by atoms with van der Waals surface area (Å²) >= 11 is 0. The van der Waals surface area contributed by atoms with Gasteiger partial charge >= 0.3 is 0 Å². The Hall–Kier alpha value is -2.96. The van der Waals surface area contributed by atoms with E-state index in [-0.39, 0.29) is 11.8 Å². The van der Waals surface area contributed by atoms with Crippen molar-refractivity contribution in [1.29, 1.82) is 0 Å². The zero-order chi connectivity index (χ0) is 19.8. The highest BCUT2D eigenvalue weighted by Crippen LogP contribution is 2.29. The first kappa shape index (κ1) is 18.4. The molecule has 0 radical (unpaired) electrons. The van der Waals surface area contributed by atoms with E-state index in [2.05, 4.69) is 27.6 Å². The molecule has 7 heteroatoms. The Morgan fingerprint density at radius 3 is 2.71 bits per heavy atom. The van der Waals surface area contributed by atoms with Crippen LogP contribution in [0.1, 0.15) is 40.8 Å². The van der Waals surface area contributed by atoms with Crippen LogP contribution in [0.25, 0.3) is 11.0 Å². The van der Waals surface area contributed by atoms with Gasteiger partial charge < -0.3 is 14.4 Å². The lowest BCUT2D eigenvalue weighted by Gasteiger charge is -2.32. The number of para-hydroxylation sites is 2. The molecule has 1 aromatic carbocycles. The molecule has 0 saturated carbocycles. The van der Waals surface area contributed by atoms with Crippen LogP contribution in [-0.2, 0) is 7.05 Å². The zero-order valence-corrected chi connectivity index (χ0v) is 16.9. The summed E-state index contributed by atoms with van der Waals surface area (Å²) in [6, 6.07) is 9.94. The van der Waals surface area contributed by atoms with Crippen LogP contribution in [-0.4, -0.2) is 57.5 Å². The highest BCUT2D eigenvalue weighted by Gasteiger charge is 2.29. The predicted molar refractivity (Wildman–Crippen MR) is 110 cm³/mol. The van der Waals surface area contributed by atoms with Crippen LogP contribution in [0.4, 0.5) is 5.95 Å². The number of rotatable bonds is 3. The SMILES string of the molecule is Cc1cc(C(=O)N2CCCC(c3nc4ccccc4n3C)C2)nc(N(C)C)n1. The van der Waals surface area contributed by atoms with Gasteiger partial charge in [-0.2, -0.15) is 0 Å². The fraction of sp³-hybridized carbons (Fsp3) is 0.429. The Kier molecular flexibility index (Phi) is 4.75. The van der Waals surface area contributed by atoms with E-state index in [9.17, 15) is 4.79 Å². The van der Waals surface area contributed by atoms with Crippen molar-refractivity contribution in [3.63, 3.8) is 0 Å². The van der Waals surface area contributed by atoms with Crippen molar-refractivity contribution in [3.05, 3.63) is 47.5 Å². The van der Waals surface area contributed by atoms with E-state index in [4.69, 9.17) is 4.98 Å². The summed E-state index contributed by atoms with van der Waals surface area (Å²) in [6.07, 6.45) is 2.00. The number of hydrogen-bond donors (Lipinski definition) is 0. The van der Waals surface area contributed by atoms with Crippen LogP contribution >= 0.6 is 0 Å². The second-order valence-electron chi connectivity index (χ2n) is 7.70. The van der Waals surface area contributed by atoms with Gasteiger partial charge in [-0.15, -0.1) is 0 Å². The number of fused-ring (bicyclic) bond motifs is 1. The van der Waals surface area contributed by atoms with E-state index in [1.807, 2.05) is 49.0 Å². The molecule has 28 heavy (non-hydrogen) atoms. The van der Waals surface area contributed by atoms with Gasteiger partial charge in [-0.25, -0.2) is 15.0 Å². The number of nitrogens with zero attached hydrogens (tertiary/aromatic N) is 6. The molecular formula is C21H26N6O. The monoisotopic (exact) mass is 378 g/mol. The van der Waals surface area contributed by atoms with Crippen molar-refractivity contribution in [2.45, 2.75) is 25.7 Å². The first-order chi connectivity index (χ1) is 13.4. The van der Waals surface area contributed by atoms with Gasteiger partial charge in [-0.1, -0.05) is 12.1 Å². The first-order valence-corrected chi connectivity index (χ1v) is 9.67. The molecule has 1 aliphatic rings. The van der Waals surface area contributed by atoms with Crippen molar-refractivity contribution < 1.29 is 4.79 Å². The minimum atomic E-state index is -0.0305. The number of carbonyl (C=O) groups excluding carboxylic acids is 1. The molecule has 1 atom stereocenters. The van der Waals surface area contributed by atoms with Crippen molar-refractivity contribution in [2.75, 3.05) is 32.1 Å². The summed E-state index contributed by atoms with van der Waals surface area (Å²) in [6.45, 7) is 3.31. The average molecular weight is 378 g/mol. The molecule has 1 unspecified atom stereocenters. The van der Waals surface area contributed by atoms with Crippen LogP contribution in [0.2, 0.25) is 0 Å². The van der Waals surface area contributed by atoms with Crippen molar-refractivity contribution >= 4 is 22.9 Å². The Labute approximate surface area is 165 Å². The number of piperidine rings is 1. The lowest BCUT2D eigenvalue weighted by Crippen LogP contribution is -2.40. The number of likely N-dealkylation sites (tertiary alicyclic amines) is 1. The van der Waals surface area contributed by atoms with Gasteiger partial charge in [0, 0.05) is 45.8 Å². The van der Waals surface area contributed by atoms with E-state index in [0.717, 1.165) is 41.9 Å². The molecule has 7 nitrogen and oxygen atoms in total. The molecular weight excluding hydrogens is 352 g/mol. The maximum absolute atomic E-state index is 13.2. The van der Waals surface area contributed by atoms with Crippen LogP contribution in [0, 0.1) is 6.92 Å². The van der Waals surface area contributed by atoms with Gasteiger partial charge in [0.25, 0.3) is 5.91 Å². The molecule has 2 aromatic heterocycles. The molecule has 0 spiro atoms. The molecule has 1 aliphatic heterocycles. The standard InChI is InChI=1S/C21H26N6O/c1-14-12-17(24-21(22-14)25(2)3)20(28)27-11-7-8-15(13-27)19-23-16-9-5-6-10-18(16)26(19)4/h5-6,9-10,12,15H,7-8,11,13H2,1-4H3. The largest absolute Gasteiger partial charge is 0.347 e. The Morgan fingerprint density at radius 2 is 1.96 bits per heavy atom. The number of hydrogen-bond acceptors (Lipinski definition) is 5. The molecule has 1 amide bonds. The van der Waals surface area contributed by atoms with Crippen LogP contribution in [0.3, 0.4) is 0 Å². The molecule has 0 bridgehead atoms. The van der Waals surface area contributed by atoms with E-state index in [1.165, 1.54) is 0 Å². The van der Waals surface area contributed by atoms with E-state index >= 15 is 0 Å². The van der Waals surface area contributed by atoms with Gasteiger partial charge in [0.1, 0.15) is 11.5 Å². The second kappa shape index (κ2) is 7.22. The molecule has 1 fully saturated rings. The summed E-state index contributed by atoms with van der Waals surface area (Å²) in [4.78, 5) is 30.6. The number of imidazole rings is 1. The quantitative estimate of drug-likeness (QED) is 0.701. The number of anilines is 1. The van der Waals surface area contributed by atoms with Crippen molar-refractivity contribution in [3.8, 4) is 0 Å². The summed E-state index contributed by atoms with van der Waals surface area (Å²) in [5, 5.41) is 0. The summed E-state index contributed by atoms with van der Waals surface area (Å²) in [5.41, 5.74) is 3.39. The zero-order valence-electron chi connectivity index (χ0n) is 16.9. The lowest BCUT2D eigenvalue weighted by molar-refractivity contribution is 0.0697. The highest BCUT2D eigenvalue weighted by atomic mass is 16.2. The smallest absolute Gasteiger partial charge is 0.272 e. The maximum atomic E-state index is 13.2. The fourth-order valence-electron chi connectivity index (χ4n) is 3.93. The Bertz CT molecular complexity index is 1020. The second-order valence-corrected chi connectivity index (χ2v) is 7.70.